The molecular formula is C14H20N2O4. The van der Waals surface area contributed by atoms with Crippen LogP contribution in [-0.4, -0.2) is 23.2 Å². The van der Waals surface area contributed by atoms with Crippen LogP contribution in [0.5, 0.6) is 0 Å². The van der Waals surface area contributed by atoms with Gasteiger partial charge in [-0.15, -0.1) is 0 Å². The summed E-state index contributed by atoms with van der Waals surface area (Å²) < 4.78 is 5.27. The standard InChI is InChI=1S/C14H20N2O4/c1-6-15(13(17)20-14(3,4)5)11-8-7-10(2)9-12(11)16(18)19/h7-9H,6H2,1-5H3. The Balaban J connectivity index is 3.19. The van der Waals surface area contributed by atoms with E-state index in [9.17, 15) is 14.9 Å². The highest BCUT2D eigenvalue weighted by Crippen LogP contribution is 2.30. The number of amides is 1. The maximum absolute atomic E-state index is 12.1. The summed E-state index contributed by atoms with van der Waals surface area (Å²) in [6, 6.07) is 4.75. The van der Waals surface area contributed by atoms with Gasteiger partial charge in [0.1, 0.15) is 11.3 Å². The van der Waals surface area contributed by atoms with E-state index in [1.807, 2.05) is 0 Å². The minimum Gasteiger partial charge on any atom is -0.443 e. The van der Waals surface area contributed by atoms with E-state index >= 15 is 0 Å². The van der Waals surface area contributed by atoms with Gasteiger partial charge in [-0.2, -0.15) is 0 Å². The van der Waals surface area contributed by atoms with Crippen molar-refractivity contribution in [2.75, 3.05) is 11.4 Å². The van der Waals surface area contributed by atoms with Crippen LogP contribution in [0.15, 0.2) is 18.2 Å². The molecule has 0 aliphatic carbocycles. The lowest BCUT2D eigenvalue weighted by Gasteiger charge is -2.26. The fourth-order valence-corrected chi connectivity index (χ4v) is 1.72. The topological polar surface area (TPSA) is 72.7 Å². The molecule has 0 aliphatic heterocycles. The number of hydrogen-bond donors (Lipinski definition) is 0. The summed E-state index contributed by atoms with van der Waals surface area (Å²) in [7, 11) is 0. The van der Waals surface area contributed by atoms with Crippen LogP contribution in [0, 0.1) is 17.0 Å². The number of anilines is 1. The van der Waals surface area contributed by atoms with Crippen molar-refractivity contribution >= 4 is 17.5 Å². The summed E-state index contributed by atoms with van der Waals surface area (Å²) in [6.45, 7) is 9.06. The molecule has 0 aromatic heterocycles. The molecule has 1 amide bonds. The van der Waals surface area contributed by atoms with E-state index in [4.69, 9.17) is 4.74 Å². The minimum absolute atomic E-state index is 0.0993. The predicted molar refractivity (Wildman–Crippen MR) is 77.1 cm³/mol. The zero-order chi connectivity index (χ0) is 15.5. The maximum atomic E-state index is 12.1. The molecule has 110 valence electrons. The van der Waals surface area contributed by atoms with Crippen LogP contribution in [-0.2, 0) is 4.74 Å². The molecule has 1 aromatic rings. The molecule has 0 atom stereocenters. The first kappa shape index (κ1) is 15.9. The third kappa shape index (κ3) is 3.94. The van der Waals surface area contributed by atoms with E-state index < -0.39 is 16.6 Å². The molecular weight excluding hydrogens is 260 g/mol. The molecule has 0 heterocycles. The van der Waals surface area contributed by atoms with E-state index in [0.717, 1.165) is 5.56 Å². The summed E-state index contributed by atoms with van der Waals surface area (Å²) in [4.78, 5) is 24.0. The number of nitrogens with zero attached hydrogens (tertiary/aromatic N) is 2. The third-order valence-electron chi connectivity index (χ3n) is 2.55. The lowest BCUT2D eigenvalue weighted by Crippen LogP contribution is -2.37. The second-order valence-electron chi connectivity index (χ2n) is 5.47. The molecule has 1 rings (SSSR count). The normalized spacial score (nSPS) is 11.1. The molecule has 6 heteroatoms. The summed E-state index contributed by atoms with van der Waals surface area (Å²) in [5, 5.41) is 11.1. The van der Waals surface area contributed by atoms with Crippen molar-refractivity contribution in [3.05, 3.63) is 33.9 Å². The number of nitro benzene ring substituents is 1. The van der Waals surface area contributed by atoms with E-state index in [1.54, 1.807) is 46.8 Å². The van der Waals surface area contributed by atoms with Crippen molar-refractivity contribution in [3.63, 3.8) is 0 Å². The highest BCUT2D eigenvalue weighted by molar-refractivity contribution is 5.90. The van der Waals surface area contributed by atoms with Crippen molar-refractivity contribution in [2.24, 2.45) is 0 Å². The van der Waals surface area contributed by atoms with Gasteiger partial charge in [-0.25, -0.2) is 4.79 Å². The maximum Gasteiger partial charge on any atom is 0.415 e. The van der Waals surface area contributed by atoms with Gasteiger partial charge in [-0.05, 0) is 46.2 Å². The first-order valence-corrected chi connectivity index (χ1v) is 6.41. The van der Waals surface area contributed by atoms with Crippen molar-refractivity contribution in [3.8, 4) is 0 Å². The number of aryl methyl sites for hydroxylation is 1. The molecule has 1 aromatic carbocycles. The van der Waals surface area contributed by atoms with Crippen molar-refractivity contribution < 1.29 is 14.5 Å². The van der Waals surface area contributed by atoms with E-state index in [2.05, 4.69) is 0 Å². The molecule has 0 unspecified atom stereocenters. The van der Waals surface area contributed by atoms with Gasteiger partial charge in [-0.3, -0.25) is 15.0 Å². The van der Waals surface area contributed by atoms with Crippen LogP contribution in [0.25, 0.3) is 0 Å². The molecule has 0 saturated heterocycles. The van der Waals surface area contributed by atoms with E-state index in [0.29, 0.717) is 6.54 Å². The molecule has 6 nitrogen and oxygen atoms in total. The molecule has 0 spiro atoms. The van der Waals surface area contributed by atoms with E-state index in [1.165, 1.54) is 11.0 Å². The van der Waals surface area contributed by atoms with Gasteiger partial charge >= 0.3 is 6.09 Å². The van der Waals surface area contributed by atoms with E-state index in [-0.39, 0.29) is 11.4 Å². The van der Waals surface area contributed by atoms with Crippen LogP contribution in [0.2, 0.25) is 0 Å². The van der Waals surface area contributed by atoms with Gasteiger partial charge in [-0.1, -0.05) is 6.07 Å². The van der Waals surface area contributed by atoms with Gasteiger partial charge in [0.05, 0.1) is 4.92 Å². The number of carbonyl (C=O) groups excluding carboxylic acids is 1. The fraction of sp³-hybridized carbons (Fsp3) is 0.500. The Bertz CT molecular complexity index is 520. The van der Waals surface area contributed by atoms with Crippen LogP contribution in [0.4, 0.5) is 16.2 Å². The summed E-state index contributed by atoms with van der Waals surface area (Å²) in [6.07, 6.45) is -0.591. The summed E-state index contributed by atoms with van der Waals surface area (Å²) in [5.41, 5.74) is 0.264. The zero-order valence-electron chi connectivity index (χ0n) is 12.5. The van der Waals surface area contributed by atoms with Gasteiger partial charge < -0.3 is 4.74 Å². The number of benzene rings is 1. The van der Waals surface area contributed by atoms with Crippen molar-refractivity contribution in [1.29, 1.82) is 0 Å². The Labute approximate surface area is 118 Å². The van der Waals surface area contributed by atoms with Gasteiger partial charge in [0, 0.05) is 12.6 Å². The minimum atomic E-state index is -0.649. The smallest absolute Gasteiger partial charge is 0.415 e. The first-order chi connectivity index (χ1) is 9.15. The Morgan fingerprint density at radius 3 is 2.45 bits per heavy atom. The average molecular weight is 280 g/mol. The summed E-state index contributed by atoms with van der Waals surface area (Å²) in [5.74, 6) is 0. The van der Waals surface area contributed by atoms with Crippen LogP contribution < -0.4 is 4.90 Å². The Morgan fingerprint density at radius 1 is 1.40 bits per heavy atom. The lowest BCUT2D eigenvalue weighted by molar-refractivity contribution is -0.384. The first-order valence-electron chi connectivity index (χ1n) is 6.41. The number of hydrogen-bond acceptors (Lipinski definition) is 4. The van der Waals surface area contributed by atoms with Crippen molar-refractivity contribution in [2.45, 2.75) is 40.2 Å². The Morgan fingerprint density at radius 2 is 2.00 bits per heavy atom. The summed E-state index contributed by atoms with van der Waals surface area (Å²) >= 11 is 0. The Kier molecular flexibility index (Phi) is 4.70. The average Bonchev–Trinajstić information content (AvgIpc) is 2.29. The van der Waals surface area contributed by atoms with Gasteiger partial charge in [0.15, 0.2) is 0 Å². The van der Waals surface area contributed by atoms with Crippen molar-refractivity contribution in [1.82, 2.24) is 0 Å². The molecule has 20 heavy (non-hydrogen) atoms. The fourth-order valence-electron chi connectivity index (χ4n) is 1.72. The highest BCUT2D eigenvalue weighted by atomic mass is 16.6. The largest absolute Gasteiger partial charge is 0.443 e. The second-order valence-corrected chi connectivity index (χ2v) is 5.47. The zero-order valence-corrected chi connectivity index (χ0v) is 12.5. The van der Waals surface area contributed by atoms with Crippen LogP contribution >= 0.6 is 0 Å². The monoisotopic (exact) mass is 280 g/mol. The molecule has 0 fully saturated rings. The van der Waals surface area contributed by atoms with Gasteiger partial charge in [0.25, 0.3) is 5.69 Å². The van der Waals surface area contributed by atoms with Crippen LogP contribution in [0.3, 0.4) is 0 Å². The third-order valence-corrected chi connectivity index (χ3v) is 2.55. The van der Waals surface area contributed by atoms with Crippen LogP contribution in [0.1, 0.15) is 33.3 Å². The lowest BCUT2D eigenvalue weighted by atomic mass is 10.1. The Hall–Kier alpha value is -2.11. The number of ether oxygens (including phenoxy) is 1. The predicted octanol–water partition coefficient (Wildman–Crippen LogP) is 3.66. The highest BCUT2D eigenvalue weighted by Gasteiger charge is 2.27. The number of nitro groups is 1. The SMILES string of the molecule is CCN(C(=O)OC(C)(C)C)c1ccc(C)cc1[N+](=O)[O-]. The molecule has 0 bridgehead atoms. The van der Waals surface area contributed by atoms with Gasteiger partial charge in [0.2, 0.25) is 0 Å². The molecule has 0 N–H and O–H groups in total. The quantitative estimate of drug-likeness (QED) is 0.625. The number of carbonyl (C=O) groups is 1. The molecule has 0 aliphatic rings. The molecule has 0 radical (unpaired) electrons. The second kappa shape index (κ2) is 5.90. The number of rotatable bonds is 3. The molecule has 0 saturated carbocycles.